The van der Waals surface area contributed by atoms with Crippen LogP contribution >= 0.6 is 23.1 Å². The van der Waals surface area contributed by atoms with E-state index in [2.05, 4.69) is 35.4 Å². The van der Waals surface area contributed by atoms with Gasteiger partial charge in [0.15, 0.2) is 0 Å². The highest BCUT2D eigenvalue weighted by atomic mass is 35.5. The summed E-state index contributed by atoms with van der Waals surface area (Å²) in [4.78, 5) is 4.39. The number of aromatic nitrogens is 2. The summed E-state index contributed by atoms with van der Waals surface area (Å²) in [5, 5.41) is 4.41. The monoisotopic (exact) mass is 247 g/mol. The summed E-state index contributed by atoms with van der Waals surface area (Å²) in [6.07, 6.45) is 1.98. The molecule has 0 amide bonds. The Balaban J connectivity index is 2.31. The van der Waals surface area contributed by atoms with E-state index in [1.54, 1.807) is 0 Å². The summed E-state index contributed by atoms with van der Waals surface area (Å²) in [6, 6.07) is 0. The fourth-order valence-electron chi connectivity index (χ4n) is 1.08. The minimum Gasteiger partial charge on any atom is -0.360 e. The van der Waals surface area contributed by atoms with Gasteiger partial charge in [0.2, 0.25) is 5.13 Å². The first kappa shape index (κ1) is 12.7. The van der Waals surface area contributed by atoms with E-state index in [4.69, 9.17) is 11.6 Å². The third-order valence-corrected chi connectivity index (χ3v) is 3.35. The highest BCUT2D eigenvalue weighted by molar-refractivity contribution is 7.09. The van der Waals surface area contributed by atoms with Crippen molar-refractivity contribution in [3.05, 3.63) is 5.82 Å². The number of halogens is 1. The van der Waals surface area contributed by atoms with Crippen molar-refractivity contribution in [1.29, 1.82) is 0 Å². The molecule has 0 saturated carbocycles. The average Bonchev–Trinajstić information content (AvgIpc) is 2.66. The van der Waals surface area contributed by atoms with Crippen molar-refractivity contribution in [2.24, 2.45) is 0 Å². The Bertz CT molecular complexity index is 288. The molecule has 0 aliphatic rings. The van der Waals surface area contributed by atoms with Gasteiger partial charge >= 0.3 is 0 Å². The molecule has 0 fully saturated rings. The molecule has 1 N–H and O–H groups in total. The van der Waals surface area contributed by atoms with Crippen molar-refractivity contribution in [1.82, 2.24) is 9.36 Å². The number of rotatable bonds is 6. The van der Waals surface area contributed by atoms with Gasteiger partial charge in [0.25, 0.3) is 0 Å². The van der Waals surface area contributed by atoms with Gasteiger partial charge in [0.05, 0.1) is 0 Å². The molecule has 0 spiro atoms. The van der Waals surface area contributed by atoms with Gasteiger partial charge in [-0.05, 0) is 12.8 Å². The lowest BCUT2D eigenvalue weighted by Crippen LogP contribution is -2.07. The molecule has 0 aliphatic carbocycles. The van der Waals surface area contributed by atoms with Gasteiger partial charge < -0.3 is 5.32 Å². The first-order chi connectivity index (χ1) is 7.13. The van der Waals surface area contributed by atoms with E-state index in [1.807, 2.05) is 0 Å². The number of alkyl halides is 1. The second kappa shape index (κ2) is 6.28. The summed E-state index contributed by atoms with van der Waals surface area (Å²) in [5.74, 6) is 1.31. The van der Waals surface area contributed by atoms with Crippen LogP contribution in [-0.4, -0.2) is 21.3 Å². The Labute approximate surface area is 100 Å². The minimum atomic E-state index is 0.259. The van der Waals surface area contributed by atoms with Gasteiger partial charge in [-0.1, -0.05) is 20.8 Å². The van der Waals surface area contributed by atoms with E-state index in [9.17, 15) is 0 Å². The van der Waals surface area contributed by atoms with Crippen molar-refractivity contribution in [2.75, 3.05) is 11.9 Å². The molecule has 1 aromatic heterocycles. The maximum absolute atomic E-state index is 6.01. The number of hydrogen-bond donors (Lipinski definition) is 1. The lowest BCUT2D eigenvalue weighted by atomic mass is 10.2. The molecule has 1 aromatic rings. The Morgan fingerprint density at radius 1 is 1.47 bits per heavy atom. The van der Waals surface area contributed by atoms with Crippen LogP contribution < -0.4 is 5.32 Å². The molecule has 1 atom stereocenters. The van der Waals surface area contributed by atoms with Crippen LogP contribution in [0.5, 0.6) is 0 Å². The van der Waals surface area contributed by atoms with Crippen molar-refractivity contribution in [3.8, 4) is 0 Å². The molecule has 1 heterocycles. The maximum Gasteiger partial charge on any atom is 0.202 e. The van der Waals surface area contributed by atoms with Crippen molar-refractivity contribution < 1.29 is 0 Å². The summed E-state index contributed by atoms with van der Waals surface area (Å²) >= 11 is 7.44. The quantitative estimate of drug-likeness (QED) is 0.782. The smallest absolute Gasteiger partial charge is 0.202 e. The Kier molecular flexibility index (Phi) is 5.32. The standard InChI is InChI=1S/C10H18ClN3S/c1-4-8(11)5-6-12-10-13-9(7(2)3)14-15-10/h7-8H,4-6H2,1-3H3,(H,12,13,14). The third kappa shape index (κ3) is 4.34. The molecule has 0 aromatic carbocycles. The van der Waals surface area contributed by atoms with E-state index < -0.39 is 0 Å². The fourth-order valence-corrected chi connectivity index (χ4v) is 1.92. The van der Waals surface area contributed by atoms with Crippen molar-refractivity contribution in [2.45, 2.75) is 44.9 Å². The second-order valence-electron chi connectivity index (χ2n) is 3.83. The Hall–Kier alpha value is -0.350. The molecule has 3 nitrogen and oxygen atoms in total. The summed E-state index contributed by atoms with van der Waals surface area (Å²) in [6.45, 7) is 7.16. The maximum atomic E-state index is 6.01. The summed E-state index contributed by atoms with van der Waals surface area (Å²) in [5.41, 5.74) is 0. The zero-order valence-corrected chi connectivity index (χ0v) is 11.0. The van der Waals surface area contributed by atoms with E-state index in [0.29, 0.717) is 5.92 Å². The molecular weight excluding hydrogens is 230 g/mol. The van der Waals surface area contributed by atoms with E-state index in [-0.39, 0.29) is 5.38 Å². The largest absolute Gasteiger partial charge is 0.360 e. The molecule has 1 rings (SSSR count). The number of nitrogens with zero attached hydrogens (tertiary/aromatic N) is 2. The summed E-state index contributed by atoms with van der Waals surface area (Å²) in [7, 11) is 0. The first-order valence-corrected chi connectivity index (χ1v) is 6.56. The van der Waals surface area contributed by atoms with Crippen LogP contribution in [0.3, 0.4) is 0 Å². The van der Waals surface area contributed by atoms with Gasteiger partial charge in [-0.25, -0.2) is 4.98 Å². The highest BCUT2D eigenvalue weighted by Crippen LogP contribution is 2.17. The van der Waals surface area contributed by atoms with Crippen LogP contribution in [0.4, 0.5) is 5.13 Å². The third-order valence-electron chi connectivity index (χ3n) is 2.13. The first-order valence-electron chi connectivity index (χ1n) is 5.35. The molecular formula is C10H18ClN3S. The minimum absolute atomic E-state index is 0.259. The van der Waals surface area contributed by atoms with Crippen LogP contribution in [0.1, 0.15) is 45.4 Å². The predicted octanol–water partition coefficient (Wildman–Crippen LogP) is 3.48. The zero-order valence-electron chi connectivity index (χ0n) is 9.46. The Morgan fingerprint density at radius 3 is 2.73 bits per heavy atom. The molecule has 5 heteroatoms. The SMILES string of the molecule is CCC(Cl)CCNc1nc(C(C)C)ns1. The number of nitrogens with one attached hydrogen (secondary N) is 1. The fraction of sp³-hybridized carbons (Fsp3) is 0.800. The molecule has 0 aliphatic heterocycles. The average molecular weight is 248 g/mol. The second-order valence-corrected chi connectivity index (χ2v) is 5.20. The van der Waals surface area contributed by atoms with Gasteiger partial charge in [0.1, 0.15) is 5.82 Å². The number of anilines is 1. The summed E-state index contributed by atoms with van der Waals surface area (Å²) < 4.78 is 4.27. The predicted molar refractivity (Wildman–Crippen MR) is 67.0 cm³/mol. The van der Waals surface area contributed by atoms with Gasteiger partial charge in [-0.3, -0.25) is 0 Å². The molecule has 0 bridgehead atoms. The van der Waals surface area contributed by atoms with Crippen LogP contribution in [0, 0.1) is 0 Å². The zero-order chi connectivity index (χ0) is 11.3. The number of hydrogen-bond acceptors (Lipinski definition) is 4. The van der Waals surface area contributed by atoms with Gasteiger partial charge in [0, 0.05) is 29.4 Å². The topological polar surface area (TPSA) is 37.8 Å². The van der Waals surface area contributed by atoms with Crippen LogP contribution in [0.15, 0.2) is 0 Å². The van der Waals surface area contributed by atoms with Gasteiger partial charge in [-0.15, -0.1) is 11.6 Å². The highest BCUT2D eigenvalue weighted by Gasteiger charge is 2.07. The van der Waals surface area contributed by atoms with Crippen molar-refractivity contribution >= 4 is 28.3 Å². The molecule has 0 saturated heterocycles. The lowest BCUT2D eigenvalue weighted by molar-refractivity contribution is 0.751. The molecule has 0 radical (unpaired) electrons. The van der Waals surface area contributed by atoms with E-state index in [0.717, 1.165) is 30.3 Å². The normalized spacial score (nSPS) is 13.1. The van der Waals surface area contributed by atoms with E-state index in [1.165, 1.54) is 11.5 Å². The molecule has 86 valence electrons. The lowest BCUT2D eigenvalue weighted by Gasteiger charge is -2.05. The van der Waals surface area contributed by atoms with Crippen LogP contribution in [-0.2, 0) is 0 Å². The van der Waals surface area contributed by atoms with Crippen LogP contribution in [0.2, 0.25) is 0 Å². The Morgan fingerprint density at radius 2 is 2.20 bits per heavy atom. The van der Waals surface area contributed by atoms with Crippen molar-refractivity contribution in [3.63, 3.8) is 0 Å². The molecule has 1 unspecified atom stereocenters. The van der Waals surface area contributed by atoms with E-state index >= 15 is 0 Å². The van der Waals surface area contributed by atoms with Crippen LogP contribution in [0.25, 0.3) is 0 Å². The molecule has 15 heavy (non-hydrogen) atoms. The van der Waals surface area contributed by atoms with Gasteiger partial charge in [-0.2, -0.15) is 4.37 Å².